The number of aromatic nitrogens is 4. The molecule has 0 spiro atoms. The first-order valence-electron chi connectivity index (χ1n) is 11.0. The van der Waals surface area contributed by atoms with Crippen molar-refractivity contribution in [2.45, 2.75) is 6.54 Å². The van der Waals surface area contributed by atoms with Crippen molar-refractivity contribution >= 4 is 22.9 Å². The van der Waals surface area contributed by atoms with E-state index in [0.717, 1.165) is 33.8 Å². The quantitative estimate of drug-likeness (QED) is 0.474. The van der Waals surface area contributed by atoms with E-state index < -0.39 is 0 Å². The molecule has 0 unspecified atom stereocenters. The van der Waals surface area contributed by atoms with Gasteiger partial charge in [-0.2, -0.15) is 0 Å². The van der Waals surface area contributed by atoms with Crippen LogP contribution in [0.15, 0.2) is 54.9 Å². The molecule has 3 aromatic heterocycles. The number of pyridine rings is 1. The summed E-state index contributed by atoms with van der Waals surface area (Å²) >= 11 is 0. The molecule has 5 rings (SSSR count). The van der Waals surface area contributed by atoms with Crippen LogP contribution < -0.4 is 15.0 Å². The van der Waals surface area contributed by atoms with E-state index >= 15 is 0 Å². The Morgan fingerprint density at radius 2 is 1.91 bits per heavy atom. The maximum atomic E-state index is 13.3. The third kappa shape index (κ3) is 4.47. The lowest BCUT2D eigenvalue weighted by molar-refractivity contribution is 0.193. The fourth-order valence-electron chi connectivity index (χ4n) is 4.03. The van der Waals surface area contributed by atoms with Gasteiger partial charge in [0.15, 0.2) is 0 Å². The normalized spacial score (nSPS) is 13.8. The first-order chi connectivity index (χ1) is 16.6. The second-order valence-corrected chi connectivity index (χ2v) is 7.95. The zero-order valence-corrected chi connectivity index (χ0v) is 18.7. The number of aromatic amines is 1. The summed E-state index contributed by atoms with van der Waals surface area (Å²) in [5.41, 5.74) is 3.17. The van der Waals surface area contributed by atoms with Crippen molar-refractivity contribution in [2.24, 2.45) is 0 Å². The van der Waals surface area contributed by atoms with Crippen molar-refractivity contribution in [3.8, 4) is 17.1 Å². The van der Waals surface area contributed by atoms with Crippen molar-refractivity contribution in [1.82, 2.24) is 30.2 Å². The molecule has 0 saturated carbocycles. The monoisotopic (exact) mass is 461 g/mol. The summed E-state index contributed by atoms with van der Waals surface area (Å²) in [4.78, 5) is 33.1. The van der Waals surface area contributed by atoms with Gasteiger partial charge >= 0.3 is 6.03 Å². The smallest absolute Gasteiger partial charge is 0.317 e. The number of nitrogens with one attached hydrogen (secondary N) is 2. The van der Waals surface area contributed by atoms with Crippen LogP contribution in [0.25, 0.3) is 22.3 Å². The predicted molar refractivity (Wildman–Crippen MR) is 126 cm³/mol. The van der Waals surface area contributed by atoms with Gasteiger partial charge < -0.3 is 24.8 Å². The molecule has 4 aromatic rings. The predicted octanol–water partition coefficient (Wildman–Crippen LogP) is 3.20. The minimum absolute atomic E-state index is 0.127. The number of carbonyl (C=O) groups is 1. The van der Waals surface area contributed by atoms with Crippen molar-refractivity contribution in [3.05, 3.63) is 66.4 Å². The van der Waals surface area contributed by atoms with Crippen LogP contribution in [0.1, 0.15) is 5.69 Å². The highest BCUT2D eigenvalue weighted by Crippen LogP contribution is 2.29. The Morgan fingerprint density at radius 1 is 1.12 bits per heavy atom. The van der Waals surface area contributed by atoms with Crippen LogP contribution in [-0.4, -0.2) is 64.2 Å². The molecule has 34 heavy (non-hydrogen) atoms. The lowest BCUT2D eigenvalue weighted by Crippen LogP contribution is -2.52. The molecule has 0 radical (unpaired) electrons. The van der Waals surface area contributed by atoms with E-state index in [4.69, 9.17) is 4.74 Å². The Labute approximate surface area is 195 Å². The fraction of sp³-hybridized carbons (Fsp3) is 0.250. The number of methoxy groups -OCH3 is 1. The Morgan fingerprint density at radius 3 is 2.68 bits per heavy atom. The van der Waals surface area contributed by atoms with Crippen LogP contribution in [0.3, 0.4) is 0 Å². The number of rotatable bonds is 5. The second-order valence-electron chi connectivity index (χ2n) is 7.95. The minimum atomic E-state index is -0.276. The van der Waals surface area contributed by atoms with Gasteiger partial charge in [0.05, 0.1) is 24.7 Å². The summed E-state index contributed by atoms with van der Waals surface area (Å²) in [5, 5.41) is 3.82. The molecule has 2 N–H and O–H groups in total. The molecule has 9 nitrogen and oxygen atoms in total. The van der Waals surface area contributed by atoms with Crippen molar-refractivity contribution in [2.75, 3.05) is 38.2 Å². The third-order valence-corrected chi connectivity index (χ3v) is 5.84. The summed E-state index contributed by atoms with van der Waals surface area (Å²) < 4.78 is 18.4. The standard InChI is InChI=1S/C24H24FN7O2/c1-34-21-4-2-3-18(29-21)14-26-24(33)32-11-9-31(10-12-32)23-19-13-20(30-22(19)27-15-28-23)16-5-7-17(25)8-6-16/h2-8,13,15H,9-12,14H2,1H3,(H,26,33)(H,27,28,30). The van der Waals surface area contributed by atoms with Gasteiger partial charge in [-0.3, -0.25) is 0 Å². The molecule has 1 fully saturated rings. The zero-order valence-electron chi connectivity index (χ0n) is 18.7. The molecule has 0 atom stereocenters. The number of hydrogen-bond donors (Lipinski definition) is 2. The van der Waals surface area contributed by atoms with E-state index in [2.05, 4.69) is 30.2 Å². The van der Waals surface area contributed by atoms with E-state index in [1.165, 1.54) is 18.5 Å². The zero-order chi connectivity index (χ0) is 23.5. The first-order valence-corrected chi connectivity index (χ1v) is 11.0. The average Bonchev–Trinajstić information content (AvgIpc) is 3.32. The third-order valence-electron chi connectivity index (χ3n) is 5.84. The van der Waals surface area contributed by atoms with Crippen LogP contribution in [0, 0.1) is 5.82 Å². The van der Waals surface area contributed by atoms with Crippen LogP contribution >= 0.6 is 0 Å². The van der Waals surface area contributed by atoms with Crippen molar-refractivity contribution in [3.63, 3.8) is 0 Å². The maximum Gasteiger partial charge on any atom is 0.317 e. The van der Waals surface area contributed by atoms with Crippen molar-refractivity contribution < 1.29 is 13.9 Å². The number of amides is 2. The number of H-pyrrole nitrogens is 1. The molecular formula is C24H24FN7O2. The van der Waals surface area contributed by atoms with Crippen LogP contribution in [-0.2, 0) is 6.54 Å². The molecule has 4 heterocycles. The van der Waals surface area contributed by atoms with Gasteiger partial charge in [-0.1, -0.05) is 6.07 Å². The average molecular weight is 462 g/mol. The number of carbonyl (C=O) groups excluding carboxylic acids is 1. The number of hydrogen-bond acceptors (Lipinski definition) is 6. The molecule has 0 aliphatic carbocycles. The molecule has 0 bridgehead atoms. The van der Waals surface area contributed by atoms with Crippen LogP contribution in [0.5, 0.6) is 5.88 Å². The molecule has 1 aromatic carbocycles. The number of nitrogens with zero attached hydrogens (tertiary/aromatic N) is 5. The fourth-order valence-corrected chi connectivity index (χ4v) is 4.03. The number of halogens is 1. The maximum absolute atomic E-state index is 13.3. The number of anilines is 1. The Balaban J connectivity index is 1.24. The summed E-state index contributed by atoms with van der Waals surface area (Å²) in [6, 6.07) is 13.6. The number of benzene rings is 1. The van der Waals surface area contributed by atoms with Gasteiger partial charge in [-0.05, 0) is 42.0 Å². The molecular weight excluding hydrogens is 437 g/mol. The van der Waals surface area contributed by atoms with Crippen molar-refractivity contribution in [1.29, 1.82) is 0 Å². The largest absolute Gasteiger partial charge is 0.481 e. The molecule has 2 amide bonds. The number of urea groups is 1. The van der Waals surface area contributed by atoms with Gasteiger partial charge in [-0.15, -0.1) is 0 Å². The highest BCUT2D eigenvalue weighted by molar-refractivity contribution is 5.92. The number of ether oxygens (including phenoxy) is 1. The summed E-state index contributed by atoms with van der Waals surface area (Å²) in [5.74, 6) is 1.06. The minimum Gasteiger partial charge on any atom is -0.481 e. The Kier molecular flexibility index (Phi) is 5.94. The van der Waals surface area contributed by atoms with Gasteiger partial charge in [0.1, 0.15) is 23.6 Å². The highest BCUT2D eigenvalue weighted by Gasteiger charge is 2.24. The van der Waals surface area contributed by atoms with E-state index in [1.807, 2.05) is 18.2 Å². The molecule has 1 aliphatic heterocycles. The van der Waals surface area contributed by atoms with E-state index in [0.29, 0.717) is 38.6 Å². The van der Waals surface area contributed by atoms with Gasteiger partial charge in [-0.25, -0.2) is 24.1 Å². The summed E-state index contributed by atoms with van der Waals surface area (Å²) in [7, 11) is 1.56. The number of piperazine rings is 1. The summed E-state index contributed by atoms with van der Waals surface area (Å²) in [6.45, 7) is 2.76. The molecule has 10 heteroatoms. The van der Waals surface area contributed by atoms with E-state index in [-0.39, 0.29) is 11.8 Å². The van der Waals surface area contributed by atoms with Gasteiger partial charge in [0.2, 0.25) is 5.88 Å². The molecule has 1 aliphatic rings. The second kappa shape index (κ2) is 9.34. The Bertz CT molecular complexity index is 1300. The number of fused-ring (bicyclic) bond motifs is 1. The van der Waals surface area contributed by atoms with Gasteiger partial charge in [0, 0.05) is 37.9 Å². The lowest BCUT2D eigenvalue weighted by Gasteiger charge is -2.35. The van der Waals surface area contributed by atoms with Gasteiger partial charge in [0.25, 0.3) is 0 Å². The Hall–Kier alpha value is -4.21. The van der Waals surface area contributed by atoms with E-state index in [9.17, 15) is 9.18 Å². The van der Waals surface area contributed by atoms with Crippen LogP contribution in [0.2, 0.25) is 0 Å². The topological polar surface area (TPSA) is 99.3 Å². The molecule has 174 valence electrons. The first kappa shape index (κ1) is 21.6. The lowest BCUT2D eigenvalue weighted by atomic mass is 10.1. The summed E-state index contributed by atoms with van der Waals surface area (Å²) in [6.07, 6.45) is 1.53. The SMILES string of the molecule is COc1cccc(CNC(=O)N2CCN(c3ncnc4[nH]c(-c5ccc(F)cc5)cc34)CC2)n1. The van der Waals surface area contributed by atoms with E-state index in [1.54, 1.807) is 30.2 Å². The van der Waals surface area contributed by atoms with Crippen LogP contribution in [0.4, 0.5) is 15.0 Å². The highest BCUT2D eigenvalue weighted by atomic mass is 19.1. The molecule has 1 saturated heterocycles.